The molecule has 1 amide bonds. The first kappa shape index (κ1) is 14.5. The van der Waals surface area contributed by atoms with Crippen LogP contribution < -0.4 is 5.32 Å². The average Bonchev–Trinajstić information content (AvgIpc) is 2.38. The van der Waals surface area contributed by atoms with Crippen LogP contribution in [0.3, 0.4) is 0 Å². The van der Waals surface area contributed by atoms with Crippen molar-refractivity contribution in [3.05, 3.63) is 29.8 Å². The fourth-order valence-electron chi connectivity index (χ4n) is 2.16. The second kappa shape index (κ2) is 6.49. The van der Waals surface area contributed by atoms with Crippen LogP contribution in [0.15, 0.2) is 24.3 Å². The minimum absolute atomic E-state index is 0.0499. The zero-order chi connectivity index (χ0) is 14.5. The van der Waals surface area contributed by atoms with Gasteiger partial charge in [0.05, 0.1) is 19.8 Å². The van der Waals surface area contributed by atoms with Crippen LogP contribution in [0, 0.1) is 6.92 Å². The lowest BCUT2D eigenvalue weighted by molar-refractivity contribution is -0.150. The Balaban J connectivity index is 1.94. The predicted molar refractivity (Wildman–Crippen MR) is 73.6 cm³/mol. The fourth-order valence-corrected chi connectivity index (χ4v) is 2.16. The Morgan fingerprint density at radius 1 is 1.50 bits per heavy atom. The largest absolute Gasteiger partial charge is 0.480 e. The summed E-state index contributed by atoms with van der Waals surface area (Å²) in [6.07, 6.45) is 0. The van der Waals surface area contributed by atoms with E-state index in [1.54, 1.807) is 11.0 Å². The van der Waals surface area contributed by atoms with Crippen molar-refractivity contribution >= 4 is 17.6 Å². The highest BCUT2D eigenvalue weighted by Gasteiger charge is 2.30. The summed E-state index contributed by atoms with van der Waals surface area (Å²) >= 11 is 0. The first-order valence-corrected chi connectivity index (χ1v) is 6.47. The molecule has 1 saturated heterocycles. The Kier molecular flexibility index (Phi) is 4.70. The number of carboxylic acids is 1. The monoisotopic (exact) mass is 278 g/mol. The number of rotatable bonds is 4. The van der Waals surface area contributed by atoms with Crippen LogP contribution in [0.2, 0.25) is 0 Å². The molecule has 6 heteroatoms. The van der Waals surface area contributed by atoms with E-state index in [1.165, 1.54) is 0 Å². The molecule has 0 bridgehead atoms. The topological polar surface area (TPSA) is 78.9 Å². The van der Waals surface area contributed by atoms with E-state index < -0.39 is 12.0 Å². The van der Waals surface area contributed by atoms with E-state index in [4.69, 9.17) is 9.84 Å². The zero-order valence-corrected chi connectivity index (χ0v) is 11.3. The number of morpholine rings is 1. The van der Waals surface area contributed by atoms with Crippen LogP contribution >= 0.6 is 0 Å². The highest BCUT2D eigenvalue weighted by Crippen LogP contribution is 2.11. The molecule has 1 heterocycles. The van der Waals surface area contributed by atoms with Gasteiger partial charge in [-0.2, -0.15) is 0 Å². The minimum atomic E-state index is -0.965. The molecule has 1 fully saturated rings. The molecule has 2 N–H and O–H groups in total. The number of hydrogen-bond donors (Lipinski definition) is 2. The van der Waals surface area contributed by atoms with Gasteiger partial charge in [-0.25, -0.2) is 0 Å². The first-order chi connectivity index (χ1) is 9.56. The standard InChI is InChI=1S/C14H18N2O4/c1-10-3-2-4-11(7-10)15-13(17)8-16-5-6-20-9-12(16)14(18)19/h2-4,7,12H,5-6,8-9H2,1H3,(H,15,17)(H,18,19). The van der Waals surface area contributed by atoms with Crippen LogP contribution in [-0.4, -0.2) is 54.2 Å². The maximum absolute atomic E-state index is 12.0. The second-order valence-electron chi connectivity index (χ2n) is 4.82. The summed E-state index contributed by atoms with van der Waals surface area (Å²) in [5, 5.41) is 11.9. The summed E-state index contributed by atoms with van der Waals surface area (Å²) in [4.78, 5) is 24.7. The number of benzene rings is 1. The molecule has 1 aliphatic heterocycles. The third-order valence-corrected chi connectivity index (χ3v) is 3.17. The van der Waals surface area contributed by atoms with Gasteiger partial charge in [0.25, 0.3) is 0 Å². The van der Waals surface area contributed by atoms with E-state index in [2.05, 4.69) is 5.32 Å². The molecule has 0 saturated carbocycles. The molecule has 0 aromatic heterocycles. The number of carbonyl (C=O) groups excluding carboxylic acids is 1. The van der Waals surface area contributed by atoms with Crippen molar-refractivity contribution in [1.29, 1.82) is 0 Å². The molecule has 0 radical (unpaired) electrons. The number of ether oxygens (including phenoxy) is 1. The molecule has 1 aromatic carbocycles. The number of hydrogen-bond acceptors (Lipinski definition) is 4. The molecule has 1 aliphatic rings. The van der Waals surface area contributed by atoms with E-state index in [1.807, 2.05) is 25.1 Å². The zero-order valence-electron chi connectivity index (χ0n) is 11.3. The number of amides is 1. The smallest absolute Gasteiger partial charge is 0.323 e. The van der Waals surface area contributed by atoms with Gasteiger partial charge in [0, 0.05) is 12.2 Å². The summed E-state index contributed by atoms with van der Waals surface area (Å²) in [5.41, 5.74) is 1.77. The number of nitrogens with one attached hydrogen (secondary N) is 1. The van der Waals surface area contributed by atoms with E-state index in [-0.39, 0.29) is 19.1 Å². The summed E-state index contributed by atoms with van der Waals surface area (Å²) in [5.74, 6) is -1.18. The van der Waals surface area contributed by atoms with E-state index in [9.17, 15) is 9.59 Å². The molecule has 6 nitrogen and oxygen atoms in total. The molecule has 0 spiro atoms. The Morgan fingerprint density at radius 2 is 2.30 bits per heavy atom. The lowest BCUT2D eigenvalue weighted by Crippen LogP contribution is -2.52. The van der Waals surface area contributed by atoms with Gasteiger partial charge < -0.3 is 15.2 Å². The van der Waals surface area contributed by atoms with E-state index in [0.29, 0.717) is 13.2 Å². The Morgan fingerprint density at radius 3 is 3.00 bits per heavy atom. The summed E-state index contributed by atoms with van der Waals surface area (Å²) < 4.78 is 5.14. The van der Waals surface area contributed by atoms with Gasteiger partial charge in [0.15, 0.2) is 0 Å². The van der Waals surface area contributed by atoms with Gasteiger partial charge in [-0.1, -0.05) is 12.1 Å². The lowest BCUT2D eigenvalue weighted by atomic mass is 10.2. The molecular weight excluding hydrogens is 260 g/mol. The number of aliphatic carboxylic acids is 1. The molecule has 1 atom stereocenters. The van der Waals surface area contributed by atoms with E-state index in [0.717, 1.165) is 11.3 Å². The highest BCUT2D eigenvalue weighted by atomic mass is 16.5. The maximum atomic E-state index is 12.0. The van der Waals surface area contributed by atoms with E-state index >= 15 is 0 Å². The van der Waals surface area contributed by atoms with Crippen LogP contribution in [0.25, 0.3) is 0 Å². The third-order valence-electron chi connectivity index (χ3n) is 3.17. The third kappa shape index (κ3) is 3.79. The predicted octanol–water partition coefficient (Wildman–Crippen LogP) is 0.719. The van der Waals surface area contributed by atoms with Gasteiger partial charge >= 0.3 is 5.97 Å². The Hall–Kier alpha value is -1.92. The SMILES string of the molecule is Cc1cccc(NC(=O)CN2CCOCC2C(=O)O)c1. The first-order valence-electron chi connectivity index (χ1n) is 6.47. The summed E-state index contributed by atoms with van der Waals surface area (Å²) in [7, 11) is 0. The number of aryl methyl sites for hydroxylation is 1. The van der Waals surface area contributed by atoms with Crippen LogP contribution in [0.1, 0.15) is 5.56 Å². The number of anilines is 1. The van der Waals surface area contributed by atoms with Crippen molar-refractivity contribution in [1.82, 2.24) is 4.90 Å². The lowest BCUT2D eigenvalue weighted by Gasteiger charge is -2.32. The summed E-state index contributed by atoms with van der Waals surface area (Å²) in [6, 6.07) is 6.72. The highest BCUT2D eigenvalue weighted by molar-refractivity contribution is 5.92. The molecule has 2 rings (SSSR count). The minimum Gasteiger partial charge on any atom is -0.480 e. The Labute approximate surface area is 117 Å². The molecule has 20 heavy (non-hydrogen) atoms. The van der Waals surface area contributed by atoms with Crippen molar-refractivity contribution in [3.8, 4) is 0 Å². The van der Waals surface area contributed by atoms with Crippen LogP contribution in [-0.2, 0) is 14.3 Å². The van der Waals surface area contributed by atoms with Crippen molar-refractivity contribution in [3.63, 3.8) is 0 Å². The van der Waals surface area contributed by atoms with Crippen LogP contribution in [0.5, 0.6) is 0 Å². The second-order valence-corrected chi connectivity index (χ2v) is 4.82. The van der Waals surface area contributed by atoms with Crippen LogP contribution in [0.4, 0.5) is 5.69 Å². The van der Waals surface area contributed by atoms with Gasteiger partial charge in [0.1, 0.15) is 6.04 Å². The van der Waals surface area contributed by atoms with Crippen molar-refractivity contribution in [2.45, 2.75) is 13.0 Å². The molecule has 1 unspecified atom stereocenters. The van der Waals surface area contributed by atoms with Gasteiger partial charge in [-0.05, 0) is 24.6 Å². The van der Waals surface area contributed by atoms with Gasteiger partial charge in [-0.3, -0.25) is 14.5 Å². The van der Waals surface area contributed by atoms with Crippen molar-refractivity contribution in [2.75, 3.05) is 31.6 Å². The maximum Gasteiger partial charge on any atom is 0.323 e. The van der Waals surface area contributed by atoms with Crippen molar-refractivity contribution < 1.29 is 19.4 Å². The molecule has 108 valence electrons. The molecule has 1 aromatic rings. The number of carboxylic acid groups (broad SMARTS) is 1. The number of nitrogens with zero attached hydrogens (tertiary/aromatic N) is 1. The van der Waals surface area contributed by atoms with Crippen molar-refractivity contribution in [2.24, 2.45) is 0 Å². The van der Waals surface area contributed by atoms with Gasteiger partial charge in [0.2, 0.25) is 5.91 Å². The quantitative estimate of drug-likeness (QED) is 0.848. The number of carbonyl (C=O) groups is 2. The average molecular weight is 278 g/mol. The Bertz CT molecular complexity index is 504. The molecular formula is C14H18N2O4. The summed E-state index contributed by atoms with van der Waals surface area (Å²) in [6.45, 7) is 3.00. The normalized spacial score (nSPS) is 19.6. The molecule has 0 aliphatic carbocycles. The fraction of sp³-hybridized carbons (Fsp3) is 0.429. The van der Waals surface area contributed by atoms with Gasteiger partial charge in [-0.15, -0.1) is 0 Å².